The minimum Gasteiger partial charge on any atom is -0.404 e. The van der Waals surface area contributed by atoms with Crippen molar-refractivity contribution in [1.82, 2.24) is 19.4 Å². The van der Waals surface area contributed by atoms with Crippen molar-refractivity contribution >= 4 is 28.9 Å². The van der Waals surface area contributed by atoms with Gasteiger partial charge in [0, 0.05) is 55.6 Å². The van der Waals surface area contributed by atoms with Crippen LogP contribution < -0.4 is 16.4 Å². The van der Waals surface area contributed by atoms with Gasteiger partial charge in [0.15, 0.2) is 0 Å². The van der Waals surface area contributed by atoms with Crippen LogP contribution in [0.1, 0.15) is 25.0 Å². The zero-order valence-electron chi connectivity index (χ0n) is 20.1. The van der Waals surface area contributed by atoms with Crippen LogP contribution in [0.5, 0.6) is 0 Å². The van der Waals surface area contributed by atoms with E-state index in [1.807, 2.05) is 66.9 Å². The molecule has 3 heterocycles. The van der Waals surface area contributed by atoms with Gasteiger partial charge >= 0.3 is 0 Å². The highest BCUT2D eigenvalue weighted by Crippen LogP contribution is 2.24. The molecule has 4 rings (SSSR count). The standard InChI is InChI=1S/C26H30N8O/c1-26(2,16-35)33-21-8-9-34-23(15-30-25(34)10-21)22-11-24(32-17-31-22)29-13-18-4-6-19(7-5-18)20(12-27)14-28-3/h4-12,14-15,17,33,35H,13,16,27H2,1-3H3,(H,29,31,32)/b20-12+,28-14?. The second kappa shape index (κ2) is 10.4. The molecule has 0 atom stereocenters. The number of fused-ring (bicyclic) bond motifs is 1. The minimum absolute atomic E-state index is 0.0260. The third-order valence-corrected chi connectivity index (χ3v) is 5.53. The molecule has 9 nitrogen and oxygen atoms in total. The van der Waals surface area contributed by atoms with Gasteiger partial charge in [0.25, 0.3) is 0 Å². The largest absolute Gasteiger partial charge is 0.404 e. The highest BCUT2D eigenvalue weighted by Gasteiger charge is 2.16. The zero-order valence-corrected chi connectivity index (χ0v) is 20.1. The highest BCUT2D eigenvalue weighted by molar-refractivity contribution is 6.09. The van der Waals surface area contributed by atoms with Crippen molar-refractivity contribution < 1.29 is 5.11 Å². The van der Waals surface area contributed by atoms with Crippen LogP contribution in [-0.2, 0) is 6.54 Å². The van der Waals surface area contributed by atoms with E-state index in [0.29, 0.717) is 6.54 Å². The van der Waals surface area contributed by atoms with E-state index in [0.717, 1.165) is 45.2 Å². The second-order valence-corrected chi connectivity index (χ2v) is 8.80. The Kier molecular flexibility index (Phi) is 7.07. The lowest BCUT2D eigenvalue weighted by molar-refractivity contribution is 0.234. The summed E-state index contributed by atoms with van der Waals surface area (Å²) in [6.45, 7) is 4.52. The summed E-state index contributed by atoms with van der Waals surface area (Å²) in [5.74, 6) is 0.720. The third-order valence-electron chi connectivity index (χ3n) is 5.53. The van der Waals surface area contributed by atoms with E-state index in [2.05, 4.69) is 30.6 Å². The molecule has 0 fully saturated rings. The van der Waals surface area contributed by atoms with E-state index in [1.165, 1.54) is 0 Å². The molecule has 0 aliphatic heterocycles. The molecule has 9 heteroatoms. The van der Waals surface area contributed by atoms with Gasteiger partial charge in [-0.3, -0.25) is 9.39 Å². The number of pyridine rings is 1. The van der Waals surface area contributed by atoms with Gasteiger partial charge in [0.1, 0.15) is 17.8 Å². The number of aliphatic hydroxyl groups is 1. The van der Waals surface area contributed by atoms with Crippen molar-refractivity contribution in [2.45, 2.75) is 25.9 Å². The van der Waals surface area contributed by atoms with Gasteiger partial charge in [-0.15, -0.1) is 0 Å². The second-order valence-electron chi connectivity index (χ2n) is 8.80. The fourth-order valence-corrected chi connectivity index (χ4v) is 3.63. The Morgan fingerprint density at radius 2 is 1.94 bits per heavy atom. The van der Waals surface area contributed by atoms with E-state index in [4.69, 9.17) is 5.73 Å². The first kappa shape index (κ1) is 23.9. The van der Waals surface area contributed by atoms with E-state index in [9.17, 15) is 5.11 Å². The quantitative estimate of drug-likeness (QED) is 0.275. The molecule has 0 bridgehead atoms. The fraction of sp³-hybridized carbons (Fsp3) is 0.231. The smallest absolute Gasteiger partial charge is 0.139 e. The van der Waals surface area contributed by atoms with Gasteiger partial charge < -0.3 is 21.5 Å². The summed E-state index contributed by atoms with van der Waals surface area (Å²) in [6, 6.07) is 13.9. The summed E-state index contributed by atoms with van der Waals surface area (Å²) >= 11 is 0. The summed E-state index contributed by atoms with van der Waals surface area (Å²) in [5, 5.41) is 16.2. The summed E-state index contributed by atoms with van der Waals surface area (Å²) in [7, 11) is 1.72. The van der Waals surface area contributed by atoms with Crippen LogP contribution in [0.3, 0.4) is 0 Å². The number of nitrogens with one attached hydrogen (secondary N) is 2. The maximum atomic E-state index is 9.51. The molecule has 0 aliphatic rings. The van der Waals surface area contributed by atoms with Crippen LogP contribution >= 0.6 is 0 Å². The molecule has 35 heavy (non-hydrogen) atoms. The SMILES string of the molecule is CN=C/C(=C\N)c1ccc(CNc2cc(-c3cnc4cc(NC(C)(C)CO)ccn34)ncn2)cc1. The molecule has 0 spiro atoms. The monoisotopic (exact) mass is 470 g/mol. The van der Waals surface area contributed by atoms with Crippen LogP contribution in [0.4, 0.5) is 11.5 Å². The Morgan fingerprint density at radius 3 is 2.66 bits per heavy atom. The maximum Gasteiger partial charge on any atom is 0.139 e. The Labute approximate surface area is 204 Å². The van der Waals surface area contributed by atoms with Gasteiger partial charge in [0.05, 0.1) is 29.7 Å². The van der Waals surface area contributed by atoms with Gasteiger partial charge in [-0.2, -0.15) is 0 Å². The number of anilines is 2. The number of nitrogens with two attached hydrogens (primary N) is 1. The topological polar surface area (TPSA) is 126 Å². The average Bonchev–Trinajstić information content (AvgIpc) is 3.30. The molecule has 4 aromatic rings. The fourth-order valence-electron chi connectivity index (χ4n) is 3.63. The van der Waals surface area contributed by atoms with Crippen molar-refractivity contribution in [2.75, 3.05) is 24.3 Å². The summed E-state index contributed by atoms with van der Waals surface area (Å²) in [5.41, 5.74) is 11.6. The number of benzene rings is 1. The molecular weight excluding hydrogens is 440 g/mol. The van der Waals surface area contributed by atoms with Gasteiger partial charge in [-0.05, 0) is 31.0 Å². The molecule has 1 aromatic carbocycles. The lowest BCUT2D eigenvalue weighted by Crippen LogP contribution is -2.34. The van der Waals surface area contributed by atoms with Crippen LogP contribution in [-0.4, -0.2) is 49.9 Å². The maximum absolute atomic E-state index is 9.51. The first-order valence-electron chi connectivity index (χ1n) is 11.3. The highest BCUT2D eigenvalue weighted by atomic mass is 16.3. The summed E-state index contributed by atoms with van der Waals surface area (Å²) < 4.78 is 1.98. The first-order valence-corrected chi connectivity index (χ1v) is 11.3. The Bertz CT molecular complexity index is 1360. The van der Waals surface area contributed by atoms with Crippen LogP contribution in [0, 0.1) is 0 Å². The first-order chi connectivity index (χ1) is 16.9. The molecule has 0 radical (unpaired) electrons. The van der Waals surface area contributed by atoms with Crippen LogP contribution in [0.25, 0.3) is 22.6 Å². The molecule has 0 saturated carbocycles. The van der Waals surface area contributed by atoms with Crippen molar-refractivity contribution in [1.29, 1.82) is 0 Å². The van der Waals surface area contributed by atoms with Crippen molar-refractivity contribution in [3.05, 3.63) is 78.5 Å². The molecule has 0 amide bonds. The van der Waals surface area contributed by atoms with Crippen molar-refractivity contribution in [2.24, 2.45) is 10.7 Å². The van der Waals surface area contributed by atoms with Crippen molar-refractivity contribution in [3.63, 3.8) is 0 Å². The summed E-state index contributed by atoms with van der Waals surface area (Å²) in [6.07, 6.45) is 8.57. The van der Waals surface area contributed by atoms with Gasteiger partial charge in [-0.1, -0.05) is 24.3 Å². The van der Waals surface area contributed by atoms with E-state index < -0.39 is 5.54 Å². The Balaban J connectivity index is 1.48. The normalized spacial score (nSPS) is 12.4. The molecular formula is C26H30N8O. The molecule has 5 N–H and O–H groups in total. The predicted molar refractivity (Wildman–Crippen MR) is 141 cm³/mol. The number of aromatic nitrogens is 4. The molecule has 0 aliphatic carbocycles. The summed E-state index contributed by atoms with van der Waals surface area (Å²) in [4.78, 5) is 17.4. The van der Waals surface area contributed by atoms with E-state index in [-0.39, 0.29) is 6.61 Å². The number of hydrogen-bond acceptors (Lipinski definition) is 8. The van der Waals surface area contributed by atoms with Gasteiger partial charge in [0.2, 0.25) is 0 Å². The van der Waals surface area contributed by atoms with Crippen molar-refractivity contribution in [3.8, 4) is 11.4 Å². The lowest BCUT2D eigenvalue weighted by Gasteiger charge is -2.24. The number of allylic oxidation sites excluding steroid dienone is 1. The number of nitrogens with zero attached hydrogens (tertiary/aromatic N) is 5. The third kappa shape index (κ3) is 5.64. The minimum atomic E-state index is -0.422. The number of imidazole rings is 1. The lowest BCUT2D eigenvalue weighted by atomic mass is 10.1. The number of aliphatic imine (C=N–C) groups is 1. The van der Waals surface area contributed by atoms with Crippen LogP contribution in [0.2, 0.25) is 0 Å². The van der Waals surface area contributed by atoms with Gasteiger partial charge in [-0.25, -0.2) is 15.0 Å². The Morgan fingerprint density at radius 1 is 1.14 bits per heavy atom. The predicted octanol–water partition coefficient (Wildman–Crippen LogP) is 3.59. The van der Waals surface area contributed by atoms with E-state index in [1.54, 1.807) is 32.0 Å². The average molecular weight is 471 g/mol. The molecule has 0 unspecified atom stereocenters. The van der Waals surface area contributed by atoms with E-state index >= 15 is 0 Å². The number of rotatable bonds is 9. The molecule has 3 aromatic heterocycles. The molecule has 180 valence electrons. The zero-order chi connectivity index (χ0) is 24.8. The number of hydrogen-bond donors (Lipinski definition) is 4. The number of aliphatic hydroxyl groups excluding tert-OH is 1. The van der Waals surface area contributed by atoms with Crippen LogP contribution in [0.15, 0.2) is 72.4 Å². The molecule has 0 saturated heterocycles. The Hall–Kier alpha value is -4.24.